The Morgan fingerprint density at radius 1 is 1.16 bits per heavy atom. The summed E-state index contributed by atoms with van der Waals surface area (Å²) in [6, 6.07) is 17.1. The molecule has 0 bridgehead atoms. The van der Waals surface area contributed by atoms with Gasteiger partial charge in [-0.2, -0.15) is 0 Å². The van der Waals surface area contributed by atoms with Crippen LogP contribution in [0, 0.1) is 3.57 Å². The molecule has 2 rings (SSSR count). The minimum absolute atomic E-state index is 0.320. The predicted molar refractivity (Wildman–Crippen MR) is 87.7 cm³/mol. The molecule has 0 amide bonds. The van der Waals surface area contributed by atoms with E-state index in [1.165, 1.54) is 14.7 Å². The highest BCUT2D eigenvalue weighted by Crippen LogP contribution is 2.24. The lowest BCUT2D eigenvalue weighted by molar-refractivity contribution is 0.414. The second kappa shape index (κ2) is 6.91. The second-order valence-corrected chi connectivity index (χ2v) is 5.58. The third-order valence-corrected chi connectivity index (χ3v) is 4.19. The first-order valence-electron chi connectivity index (χ1n) is 6.29. The molecule has 0 heterocycles. The van der Waals surface area contributed by atoms with Crippen LogP contribution in [0.25, 0.3) is 0 Å². The molecule has 3 heteroatoms. The van der Waals surface area contributed by atoms with Crippen LogP contribution in [0.15, 0.2) is 48.5 Å². The molecule has 0 saturated carbocycles. The summed E-state index contributed by atoms with van der Waals surface area (Å²) in [4.78, 5) is 0. The van der Waals surface area contributed by atoms with Gasteiger partial charge in [0.15, 0.2) is 0 Å². The Balaban J connectivity index is 2.21. The maximum Gasteiger partial charge on any atom is 0.119 e. The molecule has 19 heavy (non-hydrogen) atoms. The van der Waals surface area contributed by atoms with E-state index in [1.807, 2.05) is 19.2 Å². The van der Waals surface area contributed by atoms with Crippen molar-refractivity contribution in [3.8, 4) is 5.75 Å². The summed E-state index contributed by atoms with van der Waals surface area (Å²) in [6.45, 7) is 0. The van der Waals surface area contributed by atoms with Gasteiger partial charge in [0.1, 0.15) is 5.75 Å². The predicted octanol–water partition coefficient (Wildman–Crippen LogP) is 3.80. The Hall–Kier alpha value is -1.07. The van der Waals surface area contributed by atoms with Crippen molar-refractivity contribution in [2.45, 2.75) is 12.5 Å². The lowest BCUT2D eigenvalue weighted by atomic mass is 9.99. The van der Waals surface area contributed by atoms with Crippen molar-refractivity contribution in [1.29, 1.82) is 0 Å². The van der Waals surface area contributed by atoms with Gasteiger partial charge >= 0.3 is 0 Å². The molecule has 0 aromatic heterocycles. The van der Waals surface area contributed by atoms with Crippen LogP contribution >= 0.6 is 22.6 Å². The summed E-state index contributed by atoms with van der Waals surface area (Å²) in [5, 5.41) is 3.40. The molecule has 2 aromatic carbocycles. The summed E-state index contributed by atoms with van der Waals surface area (Å²) in [7, 11) is 3.71. The molecular formula is C16H18INO. The molecule has 0 saturated heterocycles. The summed E-state index contributed by atoms with van der Waals surface area (Å²) in [5.41, 5.74) is 2.62. The van der Waals surface area contributed by atoms with Gasteiger partial charge in [0, 0.05) is 9.61 Å². The first-order chi connectivity index (χ1) is 9.24. The van der Waals surface area contributed by atoms with Gasteiger partial charge in [0.05, 0.1) is 7.11 Å². The van der Waals surface area contributed by atoms with E-state index in [1.54, 1.807) is 7.11 Å². The van der Waals surface area contributed by atoms with Crippen molar-refractivity contribution in [3.05, 3.63) is 63.2 Å². The number of rotatable bonds is 5. The van der Waals surface area contributed by atoms with Crippen molar-refractivity contribution in [1.82, 2.24) is 5.32 Å². The number of ether oxygens (including phenoxy) is 1. The number of halogens is 1. The van der Waals surface area contributed by atoms with E-state index in [2.05, 4.69) is 64.3 Å². The average Bonchev–Trinajstić information content (AvgIpc) is 2.46. The van der Waals surface area contributed by atoms with Crippen LogP contribution in [-0.4, -0.2) is 14.2 Å². The summed E-state index contributed by atoms with van der Waals surface area (Å²) >= 11 is 2.39. The molecule has 0 aliphatic heterocycles. The molecule has 100 valence electrons. The zero-order chi connectivity index (χ0) is 13.7. The second-order valence-electron chi connectivity index (χ2n) is 4.42. The number of hydrogen-bond acceptors (Lipinski definition) is 2. The minimum atomic E-state index is 0.320. The SMILES string of the molecule is CNC(Cc1cccc(OC)c1)c1ccccc1I. The number of likely N-dealkylation sites (N-methyl/N-ethyl adjacent to an activating group) is 1. The first-order valence-corrected chi connectivity index (χ1v) is 7.37. The normalized spacial score (nSPS) is 12.2. The molecule has 2 aromatic rings. The summed E-state index contributed by atoms with van der Waals surface area (Å²) in [5.74, 6) is 0.912. The molecule has 2 nitrogen and oxygen atoms in total. The Labute approximate surface area is 128 Å². The molecule has 0 fully saturated rings. The fourth-order valence-electron chi connectivity index (χ4n) is 2.16. The number of nitrogens with one attached hydrogen (secondary N) is 1. The van der Waals surface area contributed by atoms with Gasteiger partial charge in [-0.3, -0.25) is 0 Å². The molecule has 0 radical (unpaired) electrons. The van der Waals surface area contributed by atoms with E-state index in [0.29, 0.717) is 6.04 Å². The fourth-order valence-corrected chi connectivity index (χ4v) is 2.92. The molecular weight excluding hydrogens is 349 g/mol. The Bertz CT molecular complexity index is 542. The van der Waals surface area contributed by atoms with Gasteiger partial charge in [-0.15, -0.1) is 0 Å². The van der Waals surface area contributed by atoms with Gasteiger partial charge in [-0.25, -0.2) is 0 Å². The highest BCUT2D eigenvalue weighted by molar-refractivity contribution is 14.1. The van der Waals surface area contributed by atoms with Crippen LogP contribution in [-0.2, 0) is 6.42 Å². The Morgan fingerprint density at radius 3 is 2.63 bits per heavy atom. The summed E-state index contributed by atoms with van der Waals surface area (Å²) < 4.78 is 6.57. The van der Waals surface area contributed by atoms with Gasteiger partial charge < -0.3 is 10.1 Å². The van der Waals surface area contributed by atoms with Crippen LogP contribution in [0.2, 0.25) is 0 Å². The topological polar surface area (TPSA) is 21.3 Å². The van der Waals surface area contributed by atoms with E-state index < -0.39 is 0 Å². The van der Waals surface area contributed by atoms with E-state index in [0.717, 1.165) is 12.2 Å². The van der Waals surface area contributed by atoms with Crippen molar-refractivity contribution in [2.75, 3.05) is 14.2 Å². The number of benzene rings is 2. The van der Waals surface area contributed by atoms with Crippen LogP contribution < -0.4 is 10.1 Å². The smallest absolute Gasteiger partial charge is 0.119 e. The molecule has 0 spiro atoms. The van der Waals surface area contributed by atoms with Gasteiger partial charge in [-0.05, 0) is 65.4 Å². The van der Waals surface area contributed by atoms with E-state index in [9.17, 15) is 0 Å². The lowest BCUT2D eigenvalue weighted by Crippen LogP contribution is -2.19. The molecule has 0 aliphatic carbocycles. The van der Waals surface area contributed by atoms with E-state index in [-0.39, 0.29) is 0 Å². The third-order valence-electron chi connectivity index (χ3n) is 3.20. The molecule has 1 unspecified atom stereocenters. The zero-order valence-corrected chi connectivity index (χ0v) is 13.3. The van der Waals surface area contributed by atoms with Crippen LogP contribution in [0.5, 0.6) is 5.75 Å². The van der Waals surface area contributed by atoms with Crippen molar-refractivity contribution in [2.24, 2.45) is 0 Å². The van der Waals surface area contributed by atoms with E-state index in [4.69, 9.17) is 4.74 Å². The van der Waals surface area contributed by atoms with Crippen molar-refractivity contribution < 1.29 is 4.74 Å². The Kier molecular flexibility index (Phi) is 5.22. The first kappa shape index (κ1) is 14.3. The number of hydrogen-bond donors (Lipinski definition) is 1. The molecule has 1 N–H and O–H groups in total. The maximum absolute atomic E-state index is 5.28. The Morgan fingerprint density at radius 2 is 1.95 bits per heavy atom. The minimum Gasteiger partial charge on any atom is -0.497 e. The van der Waals surface area contributed by atoms with E-state index >= 15 is 0 Å². The van der Waals surface area contributed by atoms with Crippen molar-refractivity contribution in [3.63, 3.8) is 0 Å². The maximum atomic E-state index is 5.28. The molecule has 0 aliphatic rings. The molecule has 1 atom stereocenters. The highest BCUT2D eigenvalue weighted by Gasteiger charge is 2.13. The van der Waals surface area contributed by atoms with Crippen LogP contribution in [0.1, 0.15) is 17.2 Å². The van der Waals surface area contributed by atoms with Crippen LogP contribution in [0.3, 0.4) is 0 Å². The highest BCUT2D eigenvalue weighted by atomic mass is 127. The third kappa shape index (κ3) is 3.70. The summed E-state index contributed by atoms with van der Waals surface area (Å²) in [6.07, 6.45) is 0.952. The standard InChI is InChI=1S/C16H18INO/c1-18-16(14-8-3-4-9-15(14)17)11-12-6-5-7-13(10-12)19-2/h3-10,16,18H,11H2,1-2H3. The lowest BCUT2D eigenvalue weighted by Gasteiger charge is -2.18. The van der Waals surface area contributed by atoms with Crippen molar-refractivity contribution >= 4 is 22.6 Å². The average molecular weight is 367 g/mol. The monoisotopic (exact) mass is 367 g/mol. The van der Waals surface area contributed by atoms with Gasteiger partial charge in [0.2, 0.25) is 0 Å². The zero-order valence-electron chi connectivity index (χ0n) is 11.2. The van der Waals surface area contributed by atoms with Gasteiger partial charge in [-0.1, -0.05) is 30.3 Å². The number of methoxy groups -OCH3 is 1. The quantitative estimate of drug-likeness (QED) is 0.812. The largest absolute Gasteiger partial charge is 0.497 e. The fraction of sp³-hybridized carbons (Fsp3) is 0.250. The van der Waals surface area contributed by atoms with Gasteiger partial charge in [0.25, 0.3) is 0 Å². The van der Waals surface area contributed by atoms with Crippen LogP contribution in [0.4, 0.5) is 0 Å².